The molecule has 1 aromatic carbocycles. The van der Waals surface area contributed by atoms with Gasteiger partial charge in [0.15, 0.2) is 11.2 Å². The minimum absolute atomic E-state index is 0. The number of rotatable bonds is 3. The van der Waals surface area contributed by atoms with E-state index in [-0.39, 0.29) is 13.5 Å². The van der Waals surface area contributed by atoms with Crippen molar-refractivity contribution in [3.8, 4) is 11.5 Å². The van der Waals surface area contributed by atoms with Crippen molar-refractivity contribution in [2.45, 2.75) is 54.2 Å². The van der Waals surface area contributed by atoms with Gasteiger partial charge < -0.3 is 19.8 Å². The molecule has 0 bridgehead atoms. The highest BCUT2D eigenvalue weighted by Gasteiger charge is 2.26. The third-order valence-electron chi connectivity index (χ3n) is 5.19. The zero-order valence-electron chi connectivity index (χ0n) is 20.7. The van der Waals surface area contributed by atoms with Gasteiger partial charge in [-0.1, -0.05) is 19.6 Å². The summed E-state index contributed by atoms with van der Waals surface area (Å²) in [5.41, 5.74) is 9.45. The number of hydrogen-bond acceptors (Lipinski definition) is 7. The van der Waals surface area contributed by atoms with Crippen LogP contribution in [0.2, 0.25) is 0 Å². The number of oxazole rings is 1. The zero-order chi connectivity index (χ0) is 24.7. The number of anilines is 1. The van der Waals surface area contributed by atoms with Gasteiger partial charge in [0, 0.05) is 50.2 Å². The average Bonchev–Trinajstić information content (AvgIpc) is 3.23. The van der Waals surface area contributed by atoms with Crippen molar-refractivity contribution in [2.75, 3.05) is 31.9 Å². The Bertz CT molecular complexity index is 1090. The molecule has 1 aliphatic heterocycles. The Hall–Kier alpha value is -3.39. The molecule has 0 unspecified atom stereocenters. The second-order valence-corrected chi connectivity index (χ2v) is 9.22. The van der Waals surface area contributed by atoms with E-state index in [0.29, 0.717) is 35.9 Å². The molecule has 35 heavy (non-hydrogen) atoms. The van der Waals surface area contributed by atoms with Crippen LogP contribution in [0.5, 0.6) is 0 Å². The molecule has 8 heteroatoms. The summed E-state index contributed by atoms with van der Waals surface area (Å²) < 4.78 is 11.3. The van der Waals surface area contributed by atoms with E-state index < -0.39 is 5.60 Å². The molecule has 1 amide bonds. The highest BCUT2D eigenvalue weighted by Crippen LogP contribution is 2.26. The summed E-state index contributed by atoms with van der Waals surface area (Å²) in [4.78, 5) is 25.0. The normalized spacial score (nSPS) is 14.4. The Balaban J connectivity index is 0.000000804. The summed E-state index contributed by atoms with van der Waals surface area (Å²) >= 11 is 0. The average molecular weight is 482 g/mol. The van der Waals surface area contributed by atoms with Crippen LogP contribution in [0.3, 0.4) is 0 Å². The minimum Gasteiger partial charge on any atom is -0.444 e. The SMILES string of the molecule is C.C/C=C\C.CC(C)(C)OC(=O)N1CCN(Cc2cc(N)cc(-c3nc4ncccc4o3)c2)CC1. The van der Waals surface area contributed by atoms with Crippen LogP contribution < -0.4 is 5.73 Å². The molecule has 8 nitrogen and oxygen atoms in total. The van der Waals surface area contributed by atoms with Crippen molar-refractivity contribution in [1.29, 1.82) is 0 Å². The number of ether oxygens (including phenoxy) is 1. The molecule has 190 valence electrons. The Morgan fingerprint density at radius 2 is 1.83 bits per heavy atom. The van der Waals surface area contributed by atoms with Gasteiger partial charge >= 0.3 is 6.09 Å². The molecule has 4 rings (SSSR count). The monoisotopic (exact) mass is 481 g/mol. The Morgan fingerprint density at radius 3 is 2.43 bits per heavy atom. The predicted octanol–water partition coefficient (Wildman–Crippen LogP) is 5.74. The number of nitrogens with zero attached hydrogens (tertiary/aromatic N) is 4. The molecule has 3 aromatic rings. The number of carbonyl (C=O) groups is 1. The molecular weight excluding hydrogens is 442 g/mol. The van der Waals surface area contributed by atoms with Crippen molar-refractivity contribution in [3.63, 3.8) is 0 Å². The first-order chi connectivity index (χ1) is 16.2. The number of amides is 1. The van der Waals surface area contributed by atoms with Gasteiger partial charge in [0.05, 0.1) is 0 Å². The van der Waals surface area contributed by atoms with Crippen LogP contribution in [0.15, 0.2) is 53.1 Å². The molecule has 0 radical (unpaired) electrons. The lowest BCUT2D eigenvalue weighted by Gasteiger charge is -2.35. The first-order valence-electron chi connectivity index (χ1n) is 11.6. The maximum atomic E-state index is 12.2. The fourth-order valence-corrected chi connectivity index (χ4v) is 3.50. The molecule has 2 aromatic heterocycles. The van der Waals surface area contributed by atoms with Gasteiger partial charge in [-0.2, -0.15) is 4.98 Å². The summed E-state index contributed by atoms with van der Waals surface area (Å²) in [5, 5.41) is 0. The van der Waals surface area contributed by atoms with E-state index in [2.05, 4.69) is 14.9 Å². The Labute approximate surface area is 208 Å². The van der Waals surface area contributed by atoms with E-state index in [1.165, 1.54) is 0 Å². The van der Waals surface area contributed by atoms with Gasteiger partial charge in [-0.05, 0) is 70.5 Å². The van der Waals surface area contributed by atoms with E-state index in [9.17, 15) is 4.79 Å². The smallest absolute Gasteiger partial charge is 0.410 e. The van der Waals surface area contributed by atoms with Crippen molar-refractivity contribution in [3.05, 3.63) is 54.2 Å². The number of nitrogen functional groups attached to an aromatic ring is 1. The van der Waals surface area contributed by atoms with Gasteiger partial charge in [-0.3, -0.25) is 4.90 Å². The second kappa shape index (κ2) is 12.4. The quantitative estimate of drug-likeness (QED) is 0.376. The van der Waals surface area contributed by atoms with E-state index in [1.54, 1.807) is 11.1 Å². The molecule has 1 saturated heterocycles. The van der Waals surface area contributed by atoms with Crippen LogP contribution in [0.1, 0.15) is 47.6 Å². The van der Waals surface area contributed by atoms with Gasteiger partial charge in [0.1, 0.15) is 5.60 Å². The van der Waals surface area contributed by atoms with Crippen molar-refractivity contribution >= 4 is 23.0 Å². The topological polar surface area (TPSA) is 97.7 Å². The van der Waals surface area contributed by atoms with Gasteiger partial charge in [-0.15, -0.1) is 0 Å². The van der Waals surface area contributed by atoms with Crippen LogP contribution in [0.25, 0.3) is 22.7 Å². The largest absolute Gasteiger partial charge is 0.444 e. The van der Waals surface area contributed by atoms with Crippen LogP contribution in [-0.4, -0.2) is 57.6 Å². The van der Waals surface area contributed by atoms with Crippen molar-refractivity contribution in [2.24, 2.45) is 0 Å². The molecule has 0 spiro atoms. The summed E-state index contributed by atoms with van der Waals surface area (Å²) in [6.45, 7) is 13.2. The number of pyridine rings is 1. The number of carbonyl (C=O) groups excluding carboxylic acids is 1. The van der Waals surface area contributed by atoms with E-state index in [4.69, 9.17) is 14.9 Å². The predicted molar refractivity (Wildman–Crippen MR) is 142 cm³/mol. The lowest BCUT2D eigenvalue weighted by atomic mass is 10.1. The summed E-state index contributed by atoms with van der Waals surface area (Å²) in [6, 6.07) is 9.52. The molecular formula is C27H39N5O3. The second-order valence-electron chi connectivity index (χ2n) is 9.22. The fraction of sp³-hybridized carbons (Fsp3) is 0.444. The molecule has 3 heterocycles. The molecule has 2 N–H and O–H groups in total. The lowest BCUT2D eigenvalue weighted by molar-refractivity contribution is 0.0139. The van der Waals surface area contributed by atoms with Crippen molar-refractivity contribution < 1.29 is 13.9 Å². The highest BCUT2D eigenvalue weighted by atomic mass is 16.6. The fourth-order valence-electron chi connectivity index (χ4n) is 3.50. The van der Waals surface area contributed by atoms with E-state index in [1.807, 2.05) is 77.1 Å². The highest BCUT2D eigenvalue weighted by molar-refractivity contribution is 5.73. The first-order valence-corrected chi connectivity index (χ1v) is 11.6. The third kappa shape index (κ3) is 8.10. The number of allylic oxidation sites excluding steroid dienone is 2. The van der Waals surface area contributed by atoms with Crippen LogP contribution in [0, 0.1) is 0 Å². The molecule has 0 saturated carbocycles. The first kappa shape index (κ1) is 27.9. The van der Waals surface area contributed by atoms with E-state index in [0.717, 1.165) is 30.8 Å². The number of fused-ring (bicyclic) bond motifs is 1. The Kier molecular flexibility index (Phi) is 9.83. The van der Waals surface area contributed by atoms with Crippen LogP contribution >= 0.6 is 0 Å². The summed E-state index contributed by atoms with van der Waals surface area (Å²) in [7, 11) is 0. The number of benzene rings is 1. The third-order valence-corrected chi connectivity index (χ3v) is 5.19. The van der Waals surface area contributed by atoms with Gasteiger partial charge in [-0.25, -0.2) is 9.78 Å². The molecule has 1 fully saturated rings. The van der Waals surface area contributed by atoms with Crippen LogP contribution in [-0.2, 0) is 11.3 Å². The number of hydrogen-bond donors (Lipinski definition) is 1. The number of piperazine rings is 1. The maximum Gasteiger partial charge on any atom is 0.410 e. The number of aromatic nitrogens is 2. The van der Waals surface area contributed by atoms with E-state index >= 15 is 0 Å². The molecule has 0 atom stereocenters. The number of nitrogens with two attached hydrogens (primary N) is 1. The molecule has 0 aliphatic carbocycles. The lowest BCUT2D eigenvalue weighted by Crippen LogP contribution is -2.49. The molecule has 1 aliphatic rings. The maximum absolute atomic E-state index is 12.2. The zero-order valence-corrected chi connectivity index (χ0v) is 20.7. The minimum atomic E-state index is -0.480. The summed E-state index contributed by atoms with van der Waals surface area (Å²) in [6.07, 6.45) is 5.44. The van der Waals surface area contributed by atoms with Crippen molar-refractivity contribution in [1.82, 2.24) is 19.8 Å². The van der Waals surface area contributed by atoms with Gasteiger partial charge in [0.25, 0.3) is 0 Å². The standard InChI is InChI=1S/C22H27N5O3.C4H8.CH4/c1-22(2,3)30-21(28)27-9-7-26(8-10-27)14-15-11-16(13-17(23)12-15)20-25-19-18(29-20)5-4-6-24-19;1-3-4-2;/h4-6,11-13H,7-10,14,23H2,1-3H3;3-4H,1-2H3;1H4/b;4-3-;. The Morgan fingerprint density at radius 1 is 1.14 bits per heavy atom. The van der Waals surface area contributed by atoms with Crippen LogP contribution in [0.4, 0.5) is 10.5 Å². The summed E-state index contributed by atoms with van der Waals surface area (Å²) in [5.74, 6) is 0.506. The van der Waals surface area contributed by atoms with Gasteiger partial charge in [0.2, 0.25) is 5.89 Å².